The van der Waals surface area contributed by atoms with Crippen molar-refractivity contribution in [3.05, 3.63) is 404 Å². The molecule has 0 atom stereocenters. The van der Waals surface area contributed by atoms with Gasteiger partial charge in [0.2, 0.25) is 11.9 Å². The van der Waals surface area contributed by atoms with Crippen molar-refractivity contribution >= 4 is 109 Å². The predicted octanol–water partition coefficient (Wildman–Crippen LogP) is 30.1. The van der Waals surface area contributed by atoms with Crippen molar-refractivity contribution < 1.29 is 0 Å². The van der Waals surface area contributed by atoms with Crippen LogP contribution in [0.2, 0.25) is 0 Å². The molecule has 0 saturated carbocycles. The zero-order valence-corrected chi connectivity index (χ0v) is 75.2. The third kappa shape index (κ3) is 16.5. The van der Waals surface area contributed by atoms with Gasteiger partial charge >= 0.3 is 0 Å². The highest BCUT2D eigenvalue weighted by Crippen LogP contribution is 2.42. The van der Waals surface area contributed by atoms with E-state index < -0.39 is 0 Å². The first-order valence-electron chi connectivity index (χ1n) is 44.1. The first-order valence-corrected chi connectivity index (χ1v) is 44.1. The maximum atomic E-state index is 5.14. The van der Waals surface area contributed by atoms with E-state index >= 15 is 0 Å². The van der Waals surface area contributed by atoms with Crippen LogP contribution in [0.15, 0.2) is 376 Å². The molecule has 626 valence electrons. The Morgan fingerprint density at radius 3 is 0.843 bits per heavy atom. The molecule has 0 aliphatic rings. The van der Waals surface area contributed by atoms with Gasteiger partial charge in [-0.05, 0) is 136 Å². The molecule has 0 radical (unpaired) electrons. The minimum atomic E-state index is -0.260. The Hall–Kier alpha value is -14.7. The first-order chi connectivity index (χ1) is 61.2. The van der Waals surface area contributed by atoms with Gasteiger partial charge in [-0.25, -0.2) is 15.0 Å². The number of benzene rings is 15. The summed E-state index contributed by atoms with van der Waals surface area (Å²) < 4.78 is 11.4. The monoisotopic (exact) mass is 1650 g/mol. The van der Waals surface area contributed by atoms with Gasteiger partial charge in [0.15, 0.2) is 11.6 Å². The van der Waals surface area contributed by atoms with E-state index in [0.29, 0.717) is 11.9 Å². The van der Waals surface area contributed by atoms with Crippen LogP contribution in [0.5, 0.6) is 0 Å². The third-order valence-electron chi connectivity index (χ3n) is 23.8. The van der Waals surface area contributed by atoms with E-state index in [0.717, 1.165) is 56.5 Å². The highest BCUT2D eigenvalue weighted by Gasteiger charge is 2.28. The zero-order valence-electron chi connectivity index (χ0n) is 75.2. The molecule has 15 aromatic carbocycles. The van der Waals surface area contributed by atoms with E-state index in [1.807, 2.05) is 60.7 Å². The molecule has 7 heterocycles. The van der Waals surface area contributed by atoms with Crippen molar-refractivity contribution in [1.82, 2.24) is 52.7 Å². The fourth-order valence-electron chi connectivity index (χ4n) is 17.4. The minimum absolute atomic E-state index is 0.116. The summed E-state index contributed by atoms with van der Waals surface area (Å²) in [4.78, 5) is 29.2. The topological polar surface area (TPSA) is 102 Å². The van der Waals surface area contributed by atoms with Crippen molar-refractivity contribution in [1.29, 1.82) is 0 Å². The second-order valence-corrected chi connectivity index (χ2v) is 38.0. The van der Waals surface area contributed by atoms with E-state index in [-0.39, 0.29) is 27.1 Å². The molecule has 0 aliphatic heterocycles. The molecular weight excluding hydrogens is 1550 g/mol. The molecule has 22 rings (SSSR count). The summed E-state index contributed by atoms with van der Waals surface area (Å²) in [6, 6.07) is 132. The molecule has 0 spiro atoms. The van der Waals surface area contributed by atoms with Crippen molar-refractivity contribution in [2.75, 3.05) is 0 Å². The maximum absolute atomic E-state index is 5.14. The van der Waals surface area contributed by atoms with E-state index in [1.54, 1.807) is 0 Å². The van der Waals surface area contributed by atoms with Crippen LogP contribution in [-0.4, -0.2) is 52.7 Å². The van der Waals surface area contributed by atoms with Crippen LogP contribution in [0.4, 0.5) is 0 Å². The molecule has 0 bridgehead atoms. The molecule has 0 N–H and O–H groups in total. The Balaban J connectivity index is 0.000000109. The smallest absolute Gasteiger partial charge is 0.239 e. The minimum Gasteiger partial charge on any atom is -0.309 e. The number of hydrogen-bond acceptors (Lipinski definition) is 6. The summed E-state index contributed by atoms with van der Waals surface area (Å²) in [7, 11) is 0. The lowest BCUT2D eigenvalue weighted by Gasteiger charge is -2.20. The van der Waals surface area contributed by atoms with Gasteiger partial charge in [0.05, 0.1) is 55.2 Å². The Labute approximate surface area is 744 Å². The highest BCUT2D eigenvalue weighted by molar-refractivity contribution is 6.14. The standard InChI is InChI=1S/C31H25N5.3C22H21N.C19H19N3/c1-31(2,3)28-32-29(35-24-16-8-4-12-20(24)21-13-5-9-17-25(21)35)34-30(33-28)36-26-18-10-6-14-22(26)23-15-7-11-19-27(23)36;1-22(2,3)18-13-9-15-20-21(18)17-12-7-8-14-19(17)23(20)16-10-5-4-6-11-16;1-22(2,3)16-13-14-21-19(15-16)18-11-7-8-12-20(18)23(21)17-9-5-4-6-10-17;1-22(2,3)16-13-14-19-18-11-7-8-12-20(18)23(21(19)15-16)17-9-5-4-6-10-17;1-19(2,3)18-21-16(14-10-6-4-7-11-14)20-17(22-18)15-12-8-5-9-13-15/h4-19H,1-3H3;3*4-15H,1-3H3;4-13H,1-3H3. The molecule has 0 fully saturated rings. The quantitative estimate of drug-likeness (QED) is 0.158. The number of aromatic nitrogens is 11. The average Bonchev–Trinajstić information content (AvgIpc) is 1.59. The number of nitrogens with zero attached hydrogens (tertiary/aromatic N) is 11. The lowest BCUT2D eigenvalue weighted by molar-refractivity contribution is 0.537. The van der Waals surface area contributed by atoms with Gasteiger partial charge in [0, 0.05) is 92.9 Å². The zero-order chi connectivity index (χ0) is 88.1. The van der Waals surface area contributed by atoms with Gasteiger partial charge in [0.1, 0.15) is 11.6 Å². The summed E-state index contributed by atoms with van der Waals surface area (Å²) in [6.45, 7) is 33.3. The van der Waals surface area contributed by atoms with Gasteiger partial charge in [0.25, 0.3) is 0 Å². The predicted molar refractivity (Wildman–Crippen MR) is 535 cm³/mol. The van der Waals surface area contributed by atoms with Crippen LogP contribution >= 0.6 is 0 Å². The third-order valence-corrected chi connectivity index (χ3v) is 23.8. The van der Waals surface area contributed by atoms with Gasteiger partial charge in [-0.3, -0.25) is 9.13 Å². The number of fused-ring (bicyclic) bond motifs is 15. The van der Waals surface area contributed by atoms with E-state index in [4.69, 9.17) is 15.0 Å². The van der Waals surface area contributed by atoms with Crippen molar-refractivity contribution in [2.45, 2.75) is 131 Å². The SMILES string of the molecule is CC(C)(C)c1ccc2c(c1)c1ccccc1n2-c1ccccc1.CC(C)(C)c1ccc2c3ccccc3n(-c3ccccc3)c2c1.CC(C)(C)c1cccc2c1c1ccccc1n2-c1ccccc1.CC(C)(C)c1nc(-c2ccccc2)nc(-c2ccccc2)n1.CC(C)(C)c1nc(-n2c3ccccc3c3ccccc32)nc(-n2c3ccccc3c3ccccc32)n1. The molecule has 0 saturated heterocycles. The summed E-state index contributed by atoms with van der Waals surface area (Å²) in [5.41, 5.74) is 21.8. The van der Waals surface area contributed by atoms with Crippen LogP contribution < -0.4 is 0 Å². The summed E-state index contributed by atoms with van der Waals surface area (Å²) >= 11 is 0. The Bertz CT molecular complexity index is 7400. The Morgan fingerprint density at radius 1 is 0.181 bits per heavy atom. The van der Waals surface area contributed by atoms with Crippen molar-refractivity contribution in [2.24, 2.45) is 0 Å². The molecular formula is C116H107N11. The number of hydrogen-bond donors (Lipinski definition) is 0. The van der Waals surface area contributed by atoms with Gasteiger partial charge in [-0.15, -0.1) is 0 Å². The first kappa shape index (κ1) is 83.2. The molecule has 7 aromatic heterocycles. The van der Waals surface area contributed by atoms with Crippen LogP contribution in [0.3, 0.4) is 0 Å². The van der Waals surface area contributed by atoms with Crippen LogP contribution in [0.25, 0.3) is 161 Å². The fraction of sp³-hybridized carbons (Fsp3) is 0.172. The highest BCUT2D eigenvalue weighted by atomic mass is 15.3. The van der Waals surface area contributed by atoms with Crippen molar-refractivity contribution in [3.63, 3.8) is 0 Å². The van der Waals surface area contributed by atoms with Crippen molar-refractivity contribution in [3.8, 4) is 51.7 Å². The number of para-hydroxylation sites is 10. The van der Waals surface area contributed by atoms with E-state index in [9.17, 15) is 0 Å². The molecule has 11 nitrogen and oxygen atoms in total. The fourth-order valence-corrected chi connectivity index (χ4v) is 17.4. The Morgan fingerprint density at radius 2 is 0.465 bits per heavy atom. The summed E-state index contributed by atoms with van der Waals surface area (Å²) in [5, 5.41) is 12.7. The summed E-state index contributed by atoms with van der Waals surface area (Å²) in [5.74, 6) is 4.26. The normalized spacial score (nSPS) is 12.1. The second-order valence-electron chi connectivity index (χ2n) is 38.0. The Kier molecular flexibility index (Phi) is 22.1. The molecule has 22 aromatic rings. The van der Waals surface area contributed by atoms with Crippen LogP contribution in [-0.2, 0) is 27.1 Å². The maximum Gasteiger partial charge on any atom is 0.239 e. The van der Waals surface area contributed by atoms with Crippen LogP contribution in [0, 0.1) is 0 Å². The molecule has 11 heteroatoms. The lowest BCUT2D eigenvalue weighted by atomic mass is 9.84. The second kappa shape index (κ2) is 33.8. The average molecular weight is 1660 g/mol. The van der Waals surface area contributed by atoms with Crippen LogP contribution in [0.1, 0.15) is 132 Å². The number of rotatable bonds is 7. The molecule has 0 amide bonds. The molecule has 0 unspecified atom stereocenters. The largest absolute Gasteiger partial charge is 0.309 e. The van der Waals surface area contributed by atoms with E-state index in [1.165, 1.54) is 121 Å². The molecule has 127 heavy (non-hydrogen) atoms. The van der Waals surface area contributed by atoms with Gasteiger partial charge in [-0.1, -0.05) is 377 Å². The van der Waals surface area contributed by atoms with Gasteiger partial charge in [-0.2, -0.15) is 15.0 Å². The molecule has 0 aliphatic carbocycles. The van der Waals surface area contributed by atoms with E-state index in [2.05, 4.69) is 457 Å². The van der Waals surface area contributed by atoms with Gasteiger partial charge < -0.3 is 13.7 Å². The summed E-state index contributed by atoms with van der Waals surface area (Å²) in [6.07, 6.45) is 0. The lowest BCUT2D eigenvalue weighted by Crippen LogP contribution is -2.20.